The third-order valence-corrected chi connectivity index (χ3v) is 4.14. The number of carbonyl (C=O) groups is 1. The zero-order valence-electron chi connectivity index (χ0n) is 12.6. The van der Waals surface area contributed by atoms with Crippen molar-refractivity contribution in [3.8, 4) is 0 Å². The van der Waals surface area contributed by atoms with E-state index in [1.165, 1.54) is 25.8 Å². The Hall–Kier alpha value is -1.42. The molecule has 1 aromatic rings. The lowest BCUT2D eigenvalue weighted by atomic mass is 10.00. The van der Waals surface area contributed by atoms with Crippen molar-refractivity contribution >= 4 is 11.7 Å². The third-order valence-electron chi connectivity index (χ3n) is 4.14. The first-order chi connectivity index (χ1) is 9.72. The first-order valence-electron chi connectivity index (χ1n) is 7.64. The van der Waals surface area contributed by atoms with Gasteiger partial charge in [0.15, 0.2) is 0 Å². The van der Waals surface area contributed by atoms with Crippen LogP contribution < -0.4 is 4.90 Å². The molecule has 4 nitrogen and oxygen atoms in total. The van der Waals surface area contributed by atoms with Gasteiger partial charge in [-0.15, -0.1) is 0 Å². The summed E-state index contributed by atoms with van der Waals surface area (Å²) < 4.78 is 0. The molecule has 2 heterocycles. The van der Waals surface area contributed by atoms with Gasteiger partial charge in [0.05, 0.1) is 0 Å². The van der Waals surface area contributed by atoms with Crippen molar-refractivity contribution in [1.29, 1.82) is 0 Å². The van der Waals surface area contributed by atoms with Crippen LogP contribution in [0.1, 0.15) is 39.0 Å². The summed E-state index contributed by atoms with van der Waals surface area (Å²) >= 11 is 0. The second kappa shape index (κ2) is 7.39. The molecule has 1 aliphatic heterocycles. The molecular formula is C16H25N3O. The van der Waals surface area contributed by atoms with Gasteiger partial charge in [0, 0.05) is 25.2 Å². The fourth-order valence-electron chi connectivity index (χ4n) is 2.86. The fourth-order valence-corrected chi connectivity index (χ4v) is 2.86. The number of aromatic nitrogens is 1. The summed E-state index contributed by atoms with van der Waals surface area (Å²) in [6.45, 7) is 3.85. The van der Waals surface area contributed by atoms with Crippen molar-refractivity contribution in [3.05, 3.63) is 24.4 Å². The molecule has 0 N–H and O–H groups in total. The van der Waals surface area contributed by atoms with Crippen LogP contribution in [0.5, 0.6) is 0 Å². The lowest BCUT2D eigenvalue weighted by Crippen LogP contribution is -2.40. The predicted octanol–water partition coefficient (Wildman–Crippen LogP) is 2.70. The molecule has 1 aliphatic rings. The number of nitrogens with zero attached hydrogens (tertiary/aromatic N) is 3. The fraction of sp³-hybridized carbons (Fsp3) is 0.625. The summed E-state index contributed by atoms with van der Waals surface area (Å²) in [5, 5.41) is 0. The van der Waals surface area contributed by atoms with Crippen LogP contribution in [-0.2, 0) is 4.79 Å². The van der Waals surface area contributed by atoms with Gasteiger partial charge in [0.1, 0.15) is 5.82 Å². The summed E-state index contributed by atoms with van der Waals surface area (Å²) in [7, 11) is 2.19. The molecule has 1 fully saturated rings. The summed E-state index contributed by atoms with van der Waals surface area (Å²) in [6.07, 6.45) is 7.14. The van der Waals surface area contributed by atoms with E-state index in [1.807, 2.05) is 30.0 Å². The Kier molecular flexibility index (Phi) is 5.53. The van der Waals surface area contributed by atoms with Gasteiger partial charge in [-0.1, -0.05) is 19.4 Å². The van der Waals surface area contributed by atoms with Crippen molar-refractivity contribution in [2.45, 2.75) is 45.1 Å². The molecule has 2 rings (SSSR count). The maximum atomic E-state index is 12.1. The van der Waals surface area contributed by atoms with Gasteiger partial charge in [-0.3, -0.25) is 9.69 Å². The molecular weight excluding hydrogens is 250 g/mol. The summed E-state index contributed by atoms with van der Waals surface area (Å²) in [5.74, 6) is 0.931. The summed E-state index contributed by atoms with van der Waals surface area (Å²) in [5.41, 5.74) is 0. The average molecular weight is 275 g/mol. The Bertz CT molecular complexity index is 421. The molecule has 0 saturated carbocycles. The molecule has 1 aromatic heterocycles. The number of likely N-dealkylation sites (tertiary alicyclic amines) is 1. The zero-order chi connectivity index (χ0) is 14.4. The highest BCUT2D eigenvalue weighted by Gasteiger charge is 2.22. The van der Waals surface area contributed by atoms with E-state index in [0.29, 0.717) is 12.5 Å². The van der Waals surface area contributed by atoms with Gasteiger partial charge < -0.3 is 4.90 Å². The molecule has 0 aliphatic carbocycles. The van der Waals surface area contributed by atoms with E-state index in [1.54, 1.807) is 6.20 Å². The Morgan fingerprint density at radius 1 is 1.45 bits per heavy atom. The molecule has 0 radical (unpaired) electrons. The molecule has 1 amide bonds. The van der Waals surface area contributed by atoms with Crippen LogP contribution in [0.25, 0.3) is 0 Å². The van der Waals surface area contributed by atoms with E-state index in [4.69, 9.17) is 0 Å². The molecule has 1 atom stereocenters. The van der Waals surface area contributed by atoms with E-state index >= 15 is 0 Å². The first kappa shape index (κ1) is 15.0. The first-order valence-corrected chi connectivity index (χ1v) is 7.64. The van der Waals surface area contributed by atoms with Crippen LogP contribution in [0.4, 0.5) is 5.82 Å². The third kappa shape index (κ3) is 3.79. The van der Waals surface area contributed by atoms with Crippen LogP contribution in [0, 0.1) is 0 Å². The summed E-state index contributed by atoms with van der Waals surface area (Å²) in [4.78, 5) is 20.7. The minimum absolute atomic E-state index is 0.155. The van der Waals surface area contributed by atoms with Crippen molar-refractivity contribution in [2.75, 3.05) is 25.0 Å². The monoisotopic (exact) mass is 275 g/mol. The Morgan fingerprint density at radius 2 is 2.30 bits per heavy atom. The molecule has 0 aromatic carbocycles. The van der Waals surface area contributed by atoms with Crippen LogP contribution >= 0.6 is 0 Å². The number of hydrogen-bond acceptors (Lipinski definition) is 3. The highest BCUT2D eigenvalue weighted by molar-refractivity contribution is 5.92. The van der Waals surface area contributed by atoms with Gasteiger partial charge in [-0.25, -0.2) is 4.98 Å². The highest BCUT2D eigenvalue weighted by Crippen LogP contribution is 2.20. The molecule has 0 bridgehead atoms. The van der Waals surface area contributed by atoms with Crippen LogP contribution in [0.15, 0.2) is 24.4 Å². The Balaban J connectivity index is 1.99. The lowest BCUT2D eigenvalue weighted by molar-refractivity contribution is -0.118. The maximum absolute atomic E-state index is 12.1. The highest BCUT2D eigenvalue weighted by atomic mass is 16.2. The minimum Gasteiger partial charge on any atom is -0.303 e. The van der Waals surface area contributed by atoms with Gasteiger partial charge in [-0.05, 0) is 45.0 Å². The van der Waals surface area contributed by atoms with Gasteiger partial charge in [-0.2, -0.15) is 0 Å². The van der Waals surface area contributed by atoms with Crippen molar-refractivity contribution in [1.82, 2.24) is 9.88 Å². The second-order valence-corrected chi connectivity index (χ2v) is 5.51. The van der Waals surface area contributed by atoms with E-state index in [2.05, 4.69) is 16.9 Å². The molecule has 0 spiro atoms. The Labute approximate surface area is 121 Å². The number of rotatable bonds is 5. The van der Waals surface area contributed by atoms with Crippen molar-refractivity contribution in [2.24, 2.45) is 0 Å². The number of pyridine rings is 1. The van der Waals surface area contributed by atoms with E-state index < -0.39 is 0 Å². The topological polar surface area (TPSA) is 36.4 Å². The molecule has 1 saturated heterocycles. The number of carbonyl (C=O) groups excluding carboxylic acids is 1. The van der Waals surface area contributed by atoms with Crippen LogP contribution in [0.2, 0.25) is 0 Å². The largest absolute Gasteiger partial charge is 0.303 e. The number of piperidine rings is 1. The molecule has 4 heteroatoms. The van der Waals surface area contributed by atoms with Crippen LogP contribution in [0.3, 0.4) is 0 Å². The predicted molar refractivity (Wildman–Crippen MR) is 81.8 cm³/mol. The molecule has 110 valence electrons. The quantitative estimate of drug-likeness (QED) is 0.829. The van der Waals surface area contributed by atoms with E-state index in [9.17, 15) is 4.79 Å². The number of hydrogen-bond donors (Lipinski definition) is 0. The lowest BCUT2D eigenvalue weighted by Gasteiger charge is -2.34. The SMILES string of the molecule is CCC(=O)N(CCC1CCCCN1C)c1ccccn1. The smallest absolute Gasteiger partial charge is 0.227 e. The van der Waals surface area contributed by atoms with Gasteiger partial charge >= 0.3 is 0 Å². The Morgan fingerprint density at radius 3 is 2.95 bits per heavy atom. The maximum Gasteiger partial charge on any atom is 0.227 e. The van der Waals surface area contributed by atoms with Crippen LogP contribution in [-0.4, -0.2) is 42.0 Å². The number of amides is 1. The van der Waals surface area contributed by atoms with E-state index in [-0.39, 0.29) is 5.91 Å². The minimum atomic E-state index is 0.155. The average Bonchev–Trinajstić information content (AvgIpc) is 2.50. The van der Waals surface area contributed by atoms with Crippen molar-refractivity contribution < 1.29 is 4.79 Å². The van der Waals surface area contributed by atoms with Gasteiger partial charge in [0.25, 0.3) is 0 Å². The molecule has 1 unspecified atom stereocenters. The normalized spacial score (nSPS) is 19.8. The van der Waals surface area contributed by atoms with Gasteiger partial charge in [0.2, 0.25) is 5.91 Å². The second-order valence-electron chi connectivity index (χ2n) is 5.51. The standard InChI is InChI=1S/C16H25N3O/c1-3-16(20)19(15-9-4-6-11-17-15)13-10-14-8-5-7-12-18(14)2/h4,6,9,11,14H,3,5,7-8,10,12-13H2,1-2H3. The summed E-state index contributed by atoms with van der Waals surface area (Å²) in [6, 6.07) is 6.33. The van der Waals surface area contributed by atoms with E-state index in [0.717, 1.165) is 18.8 Å². The van der Waals surface area contributed by atoms with Crippen molar-refractivity contribution in [3.63, 3.8) is 0 Å². The number of anilines is 1. The molecule has 20 heavy (non-hydrogen) atoms. The zero-order valence-corrected chi connectivity index (χ0v) is 12.6.